The van der Waals surface area contributed by atoms with Crippen LogP contribution in [0, 0.1) is 6.92 Å². The van der Waals surface area contributed by atoms with Gasteiger partial charge in [0.05, 0.1) is 29.6 Å². The van der Waals surface area contributed by atoms with Crippen molar-refractivity contribution in [3.8, 4) is 0 Å². The van der Waals surface area contributed by atoms with Gasteiger partial charge in [0.25, 0.3) is 5.56 Å². The summed E-state index contributed by atoms with van der Waals surface area (Å²) >= 11 is 2.98. The van der Waals surface area contributed by atoms with Gasteiger partial charge in [-0.3, -0.25) is 9.36 Å². The monoisotopic (exact) mass is 263 g/mol. The number of hydrogen-bond acceptors (Lipinski definition) is 5. The third kappa shape index (κ3) is 1.79. The normalized spacial score (nSPS) is 11.1. The van der Waals surface area contributed by atoms with E-state index in [9.17, 15) is 4.79 Å². The van der Waals surface area contributed by atoms with Crippen LogP contribution in [0.5, 0.6) is 0 Å². The molecule has 0 amide bonds. The fraction of sp³-hybridized carbons (Fsp3) is 0.182. The first-order valence-electron chi connectivity index (χ1n) is 5.06. The Labute approximate surface area is 105 Å². The molecule has 3 aromatic rings. The number of rotatable bonds is 2. The Bertz CT molecular complexity index is 712. The molecule has 86 valence electrons. The zero-order valence-electron chi connectivity index (χ0n) is 9.08. The molecule has 0 N–H and O–H groups in total. The summed E-state index contributed by atoms with van der Waals surface area (Å²) < 4.78 is 2.33. The molecule has 17 heavy (non-hydrogen) atoms. The minimum atomic E-state index is 0.0149. The van der Waals surface area contributed by atoms with Crippen LogP contribution in [0.1, 0.15) is 11.3 Å². The van der Waals surface area contributed by atoms with E-state index in [0.717, 1.165) is 21.5 Å². The Morgan fingerprint density at radius 3 is 3.00 bits per heavy atom. The van der Waals surface area contributed by atoms with E-state index in [2.05, 4.69) is 9.97 Å². The van der Waals surface area contributed by atoms with Gasteiger partial charge in [-0.2, -0.15) is 0 Å². The molecule has 0 aliphatic heterocycles. The van der Waals surface area contributed by atoms with Crippen molar-refractivity contribution < 1.29 is 0 Å². The Hall–Kier alpha value is -1.53. The highest BCUT2D eigenvalue weighted by molar-refractivity contribution is 7.17. The lowest BCUT2D eigenvalue weighted by Crippen LogP contribution is -2.20. The molecule has 0 aliphatic rings. The topological polar surface area (TPSA) is 47.8 Å². The van der Waals surface area contributed by atoms with Crippen LogP contribution in [-0.4, -0.2) is 14.5 Å². The smallest absolute Gasteiger partial charge is 0.271 e. The van der Waals surface area contributed by atoms with Crippen molar-refractivity contribution in [1.82, 2.24) is 14.5 Å². The van der Waals surface area contributed by atoms with E-state index in [0.29, 0.717) is 6.54 Å². The van der Waals surface area contributed by atoms with Gasteiger partial charge >= 0.3 is 0 Å². The molecule has 6 heteroatoms. The summed E-state index contributed by atoms with van der Waals surface area (Å²) in [6.45, 7) is 2.46. The highest BCUT2D eigenvalue weighted by Gasteiger charge is 2.08. The largest absolute Gasteiger partial charge is 0.292 e. The molecule has 0 unspecified atom stereocenters. The van der Waals surface area contributed by atoms with Crippen molar-refractivity contribution in [2.45, 2.75) is 13.5 Å². The molecule has 0 aliphatic carbocycles. The van der Waals surface area contributed by atoms with Gasteiger partial charge < -0.3 is 0 Å². The minimum absolute atomic E-state index is 0.0149. The van der Waals surface area contributed by atoms with Crippen LogP contribution in [0.3, 0.4) is 0 Å². The number of fused-ring (bicyclic) bond motifs is 1. The van der Waals surface area contributed by atoms with E-state index < -0.39 is 0 Å². The summed E-state index contributed by atoms with van der Waals surface area (Å²) in [6, 6.07) is 0. The average Bonchev–Trinajstić information content (AvgIpc) is 2.93. The maximum absolute atomic E-state index is 12.2. The zero-order valence-corrected chi connectivity index (χ0v) is 10.7. The Kier molecular flexibility index (Phi) is 2.53. The molecular formula is C11H9N3OS2. The quantitative estimate of drug-likeness (QED) is 0.712. The summed E-state index contributed by atoms with van der Waals surface area (Å²) in [5.41, 5.74) is 4.55. The van der Waals surface area contributed by atoms with Gasteiger partial charge in [0.15, 0.2) is 0 Å². The lowest BCUT2D eigenvalue weighted by Gasteiger charge is -2.02. The van der Waals surface area contributed by atoms with E-state index in [-0.39, 0.29) is 5.56 Å². The number of hydrogen-bond donors (Lipinski definition) is 0. The summed E-state index contributed by atoms with van der Waals surface area (Å²) in [7, 11) is 0. The van der Waals surface area contributed by atoms with Gasteiger partial charge in [0, 0.05) is 5.38 Å². The van der Waals surface area contributed by atoms with Crippen LogP contribution in [0.15, 0.2) is 27.4 Å². The second kappa shape index (κ2) is 4.05. The lowest BCUT2D eigenvalue weighted by molar-refractivity contribution is 0.735. The fourth-order valence-corrected chi connectivity index (χ4v) is 3.16. The second-order valence-electron chi connectivity index (χ2n) is 3.75. The van der Waals surface area contributed by atoms with Gasteiger partial charge in [0.2, 0.25) is 0 Å². The van der Waals surface area contributed by atoms with Crippen molar-refractivity contribution in [2.75, 3.05) is 0 Å². The predicted octanol–water partition coefficient (Wildman–Crippen LogP) is 2.27. The van der Waals surface area contributed by atoms with E-state index in [1.54, 1.807) is 16.4 Å². The van der Waals surface area contributed by atoms with E-state index in [4.69, 9.17) is 0 Å². The number of aromatic nitrogens is 3. The van der Waals surface area contributed by atoms with Gasteiger partial charge in [-0.1, -0.05) is 0 Å². The molecule has 0 bridgehead atoms. The molecule has 0 spiro atoms. The molecule has 0 atom stereocenters. The van der Waals surface area contributed by atoms with Crippen LogP contribution >= 0.6 is 22.7 Å². The molecule has 0 saturated heterocycles. The SMILES string of the molecule is Cc1csc2c(=O)n(Cc3cscn3)cnc12. The maximum atomic E-state index is 12.2. The third-order valence-corrected chi connectivity index (χ3v) is 4.25. The standard InChI is InChI=1S/C11H9N3OS2/c1-7-3-17-10-9(7)12-5-14(11(10)15)2-8-4-16-6-13-8/h3-6H,2H2,1H3. The molecule has 0 radical (unpaired) electrons. The Morgan fingerprint density at radius 2 is 2.24 bits per heavy atom. The van der Waals surface area contributed by atoms with Gasteiger partial charge in [-0.25, -0.2) is 9.97 Å². The Morgan fingerprint density at radius 1 is 1.35 bits per heavy atom. The maximum Gasteiger partial charge on any atom is 0.271 e. The van der Waals surface area contributed by atoms with Gasteiger partial charge in [0.1, 0.15) is 4.70 Å². The van der Waals surface area contributed by atoms with Crippen LogP contribution in [0.25, 0.3) is 10.2 Å². The van der Waals surface area contributed by atoms with Gasteiger partial charge in [-0.15, -0.1) is 22.7 Å². The van der Waals surface area contributed by atoms with Crippen molar-refractivity contribution in [1.29, 1.82) is 0 Å². The van der Waals surface area contributed by atoms with Crippen molar-refractivity contribution in [3.63, 3.8) is 0 Å². The van der Waals surface area contributed by atoms with E-state index in [1.807, 2.05) is 17.7 Å². The van der Waals surface area contributed by atoms with Crippen molar-refractivity contribution >= 4 is 32.9 Å². The van der Waals surface area contributed by atoms with Crippen LogP contribution in [-0.2, 0) is 6.54 Å². The molecule has 3 rings (SSSR count). The predicted molar refractivity (Wildman–Crippen MR) is 69.8 cm³/mol. The highest BCUT2D eigenvalue weighted by atomic mass is 32.1. The second-order valence-corrected chi connectivity index (χ2v) is 5.35. The van der Waals surface area contributed by atoms with Gasteiger partial charge in [-0.05, 0) is 17.9 Å². The molecule has 0 aromatic carbocycles. The first-order chi connectivity index (χ1) is 8.25. The first kappa shape index (κ1) is 10.6. The Balaban J connectivity index is 2.12. The molecule has 4 nitrogen and oxygen atoms in total. The molecule has 0 fully saturated rings. The van der Waals surface area contributed by atoms with Crippen molar-refractivity contribution in [3.05, 3.63) is 44.2 Å². The summed E-state index contributed by atoms with van der Waals surface area (Å²) in [6.07, 6.45) is 1.60. The summed E-state index contributed by atoms with van der Waals surface area (Å²) in [4.78, 5) is 20.7. The van der Waals surface area contributed by atoms with E-state index >= 15 is 0 Å². The summed E-state index contributed by atoms with van der Waals surface area (Å²) in [5.74, 6) is 0. The van der Waals surface area contributed by atoms with Crippen LogP contribution < -0.4 is 5.56 Å². The molecule has 0 saturated carbocycles. The number of nitrogens with zero attached hydrogens (tertiary/aromatic N) is 3. The molecular weight excluding hydrogens is 254 g/mol. The number of aryl methyl sites for hydroxylation is 1. The fourth-order valence-electron chi connectivity index (χ4n) is 1.66. The average molecular weight is 263 g/mol. The lowest BCUT2D eigenvalue weighted by atomic mass is 10.3. The highest BCUT2D eigenvalue weighted by Crippen LogP contribution is 2.19. The minimum Gasteiger partial charge on any atom is -0.292 e. The number of thiazole rings is 1. The summed E-state index contributed by atoms with van der Waals surface area (Å²) in [5, 5.41) is 3.91. The van der Waals surface area contributed by atoms with E-state index in [1.165, 1.54) is 22.7 Å². The van der Waals surface area contributed by atoms with Crippen LogP contribution in [0.2, 0.25) is 0 Å². The third-order valence-electron chi connectivity index (χ3n) is 2.54. The van der Waals surface area contributed by atoms with Crippen molar-refractivity contribution in [2.24, 2.45) is 0 Å². The molecule has 3 heterocycles. The number of thiophene rings is 1. The first-order valence-corrected chi connectivity index (χ1v) is 6.88. The zero-order chi connectivity index (χ0) is 11.8. The van der Waals surface area contributed by atoms with Crippen LogP contribution in [0.4, 0.5) is 0 Å². The molecule has 3 aromatic heterocycles.